The Bertz CT molecular complexity index is 927. The summed E-state index contributed by atoms with van der Waals surface area (Å²) in [5.41, 5.74) is 0.993. The van der Waals surface area contributed by atoms with E-state index in [0.717, 1.165) is 0 Å². The lowest BCUT2D eigenvalue weighted by molar-refractivity contribution is 0.166. The van der Waals surface area contributed by atoms with Crippen molar-refractivity contribution in [2.75, 3.05) is 24.8 Å². The maximum absolute atomic E-state index is 13.1. The van der Waals surface area contributed by atoms with Crippen LogP contribution >= 0.6 is 0 Å². The summed E-state index contributed by atoms with van der Waals surface area (Å²) in [7, 11) is -2.27. The predicted molar refractivity (Wildman–Crippen MR) is 89.7 cm³/mol. The van der Waals surface area contributed by atoms with Gasteiger partial charge in [-0.2, -0.15) is 0 Å². The zero-order valence-electron chi connectivity index (χ0n) is 13.5. The SMILES string of the molecule is COc1ccc2c(c1)C(O)CCN2S(=O)(=O)c1ccc2c(c1)OCO2. The molecule has 0 aliphatic carbocycles. The summed E-state index contributed by atoms with van der Waals surface area (Å²) < 4.78 is 43.2. The molecule has 25 heavy (non-hydrogen) atoms. The number of aliphatic hydroxyl groups is 1. The lowest BCUT2D eigenvalue weighted by Gasteiger charge is -2.33. The molecule has 132 valence electrons. The van der Waals surface area contributed by atoms with Crippen molar-refractivity contribution in [2.45, 2.75) is 17.4 Å². The fraction of sp³-hybridized carbons (Fsp3) is 0.294. The van der Waals surface area contributed by atoms with Crippen molar-refractivity contribution in [1.29, 1.82) is 0 Å². The Balaban J connectivity index is 1.78. The van der Waals surface area contributed by atoms with Gasteiger partial charge in [-0.1, -0.05) is 0 Å². The molecule has 8 heteroatoms. The van der Waals surface area contributed by atoms with E-state index in [9.17, 15) is 13.5 Å². The van der Waals surface area contributed by atoms with E-state index in [1.807, 2.05) is 0 Å². The summed E-state index contributed by atoms with van der Waals surface area (Å²) in [5.74, 6) is 1.51. The Morgan fingerprint density at radius 2 is 1.96 bits per heavy atom. The van der Waals surface area contributed by atoms with Crippen molar-refractivity contribution in [3.8, 4) is 17.2 Å². The maximum atomic E-state index is 13.1. The number of benzene rings is 2. The van der Waals surface area contributed by atoms with Gasteiger partial charge in [0.2, 0.25) is 6.79 Å². The van der Waals surface area contributed by atoms with Gasteiger partial charge in [0.25, 0.3) is 10.0 Å². The molecule has 7 nitrogen and oxygen atoms in total. The van der Waals surface area contributed by atoms with Crippen LogP contribution in [0.3, 0.4) is 0 Å². The van der Waals surface area contributed by atoms with Gasteiger partial charge in [0.05, 0.1) is 23.8 Å². The molecule has 0 spiro atoms. The minimum Gasteiger partial charge on any atom is -0.497 e. The average Bonchev–Trinajstić information content (AvgIpc) is 3.09. The fourth-order valence-corrected chi connectivity index (χ4v) is 4.60. The second-order valence-electron chi connectivity index (χ2n) is 5.82. The van der Waals surface area contributed by atoms with Crippen LogP contribution in [0.5, 0.6) is 17.2 Å². The molecule has 0 fully saturated rings. The molecule has 1 N–H and O–H groups in total. The van der Waals surface area contributed by atoms with Crippen LogP contribution in [0.15, 0.2) is 41.3 Å². The third-order valence-corrected chi connectivity index (χ3v) is 6.21. The number of hydrogen-bond acceptors (Lipinski definition) is 6. The third kappa shape index (κ3) is 2.58. The molecular weight excluding hydrogens is 346 g/mol. The monoisotopic (exact) mass is 363 g/mol. The number of hydrogen-bond donors (Lipinski definition) is 1. The highest BCUT2D eigenvalue weighted by Gasteiger charge is 2.33. The topological polar surface area (TPSA) is 85.3 Å². The molecule has 0 aromatic heterocycles. The minimum absolute atomic E-state index is 0.0807. The van der Waals surface area contributed by atoms with Crippen LogP contribution in [0.1, 0.15) is 18.1 Å². The summed E-state index contributed by atoms with van der Waals surface area (Å²) in [6, 6.07) is 9.55. The van der Waals surface area contributed by atoms with E-state index in [-0.39, 0.29) is 18.2 Å². The van der Waals surface area contributed by atoms with Crippen molar-refractivity contribution in [3.63, 3.8) is 0 Å². The van der Waals surface area contributed by atoms with Gasteiger partial charge in [0.1, 0.15) is 5.75 Å². The van der Waals surface area contributed by atoms with Crippen LogP contribution in [0.25, 0.3) is 0 Å². The lowest BCUT2D eigenvalue weighted by Crippen LogP contribution is -2.36. The highest BCUT2D eigenvalue weighted by Crippen LogP contribution is 2.40. The van der Waals surface area contributed by atoms with Crippen LogP contribution in [-0.2, 0) is 10.0 Å². The molecule has 4 rings (SSSR count). The first-order valence-corrected chi connectivity index (χ1v) is 9.23. The minimum atomic E-state index is -3.79. The van der Waals surface area contributed by atoms with Crippen LogP contribution in [0.2, 0.25) is 0 Å². The normalized spacial score (nSPS) is 18.8. The molecule has 2 heterocycles. The first kappa shape index (κ1) is 16.0. The molecular formula is C17H17NO6S. The highest BCUT2D eigenvalue weighted by atomic mass is 32.2. The Morgan fingerprint density at radius 3 is 2.76 bits per heavy atom. The van der Waals surface area contributed by atoms with Crippen LogP contribution in [-0.4, -0.2) is 34.0 Å². The second kappa shape index (κ2) is 5.82. The highest BCUT2D eigenvalue weighted by molar-refractivity contribution is 7.92. The largest absolute Gasteiger partial charge is 0.497 e. The van der Waals surface area contributed by atoms with Crippen LogP contribution in [0.4, 0.5) is 5.69 Å². The summed E-state index contributed by atoms with van der Waals surface area (Å²) in [5, 5.41) is 10.2. The average molecular weight is 363 g/mol. The number of anilines is 1. The smallest absolute Gasteiger partial charge is 0.264 e. The van der Waals surface area contributed by atoms with Gasteiger partial charge < -0.3 is 19.3 Å². The van der Waals surface area contributed by atoms with E-state index >= 15 is 0 Å². The molecule has 0 radical (unpaired) electrons. The van der Waals surface area contributed by atoms with E-state index in [1.165, 1.54) is 23.5 Å². The molecule has 1 atom stereocenters. The Hall–Kier alpha value is -2.45. The van der Waals surface area contributed by atoms with Gasteiger partial charge in [-0.25, -0.2) is 8.42 Å². The summed E-state index contributed by atoms with van der Waals surface area (Å²) in [4.78, 5) is 0.120. The number of fused-ring (bicyclic) bond motifs is 2. The quantitative estimate of drug-likeness (QED) is 0.898. The molecule has 2 aliphatic rings. The van der Waals surface area contributed by atoms with Crippen molar-refractivity contribution in [1.82, 2.24) is 0 Å². The van der Waals surface area contributed by atoms with Gasteiger partial charge >= 0.3 is 0 Å². The number of nitrogens with zero attached hydrogens (tertiary/aromatic N) is 1. The second-order valence-corrected chi connectivity index (χ2v) is 7.68. The van der Waals surface area contributed by atoms with E-state index < -0.39 is 16.1 Å². The van der Waals surface area contributed by atoms with Gasteiger partial charge in [-0.05, 0) is 36.8 Å². The number of sulfonamides is 1. The maximum Gasteiger partial charge on any atom is 0.264 e. The molecule has 2 aromatic rings. The summed E-state index contributed by atoms with van der Waals surface area (Å²) in [6.45, 7) is 0.272. The zero-order valence-corrected chi connectivity index (χ0v) is 14.3. The van der Waals surface area contributed by atoms with E-state index in [2.05, 4.69) is 0 Å². The van der Waals surface area contributed by atoms with Crippen LogP contribution < -0.4 is 18.5 Å². The molecule has 0 amide bonds. The first-order chi connectivity index (χ1) is 12.0. The summed E-state index contributed by atoms with van der Waals surface area (Å²) >= 11 is 0. The zero-order chi connectivity index (χ0) is 17.6. The molecule has 2 aliphatic heterocycles. The van der Waals surface area contributed by atoms with Gasteiger partial charge in [-0.15, -0.1) is 0 Å². The van der Waals surface area contributed by atoms with E-state index in [0.29, 0.717) is 34.9 Å². The van der Waals surface area contributed by atoms with Crippen molar-refractivity contribution >= 4 is 15.7 Å². The number of aliphatic hydroxyl groups excluding tert-OH is 1. The van der Waals surface area contributed by atoms with E-state index in [1.54, 1.807) is 24.3 Å². The Kier molecular flexibility index (Phi) is 3.73. The first-order valence-electron chi connectivity index (χ1n) is 7.79. The molecule has 1 unspecified atom stereocenters. The number of ether oxygens (including phenoxy) is 3. The predicted octanol–water partition coefficient (Wildman–Crippen LogP) is 2.06. The number of methoxy groups -OCH3 is 1. The fourth-order valence-electron chi connectivity index (χ4n) is 3.08. The van der Waals surface area contributed by atoms with E-state index in [4.69, 9.17) is 14.2 Å². The Labute approximate surface area is 145 Å². The molecule has 2 aromatic carbocycles. The molecule has 0 saturated carbocycles. The van der Waals surface area contributed by atoms with Crippen molar-refractivity contribution < 1.29 is 27.7 Å². The molecule has 0 saturated heterocycles. The third-order valence-electron chi connectivity index (χ3n) is 4.40. The lowest BCUT2D eigenvalue weighted by atomic mass is 10.0. The van der Waals surface area contributed by atoms with Crippen molar-refractivity contribution in [2.24, 2.45) is 0 Å². The molecule has 0 bridgehead atoms. The standard InChI is InChI=1S/C17H17NO6S/c1-22-11-2-4-14-13(8-11)15(19)6-7-18(14)25(20,21)12-3-5-16-17(9-12)24-10-23-16/h2-5,8-9,15,19H,6-7,10H2,1H3. The van der Waals surface area contributed by atoms with Gasteiger partial charge in [-0.3, -0.25) is 4.31 Å². The van der Waals surface area contributed by atoms with Gasteiger partial charge in [0, 0.05) is 18.2 Å². The van der Waals surface area contributed by atoms with Crippen molar-refractivity contribution in [3.05, 3.63) is 42.0 Å². The Morgan fingerprint density at radius 1 is 1.16 bits per heavy atom. The van der Waals surface area contributed by atoms with Gasteiger partial charge in [0.15, 0.2) is 11.5 Å². The summed E-state index contributed by atoms with van der Waals surface area (Å²) in [6.07, 6.45) is -0.419. The number of rotatable bonds is 3. The van der Waals surface area contributed by atoms with Crippen LogP contribution in [0, 0.1) is 0 Å².